The molecule has 1 N–H and O–H groups in total. The number of hydrogen-bond acceptors (Lipinski definition) is 5. The van der Waals surface area contributed by atoms with Gasteiger partial charge in [-0.3, -0.25) is 9.59 Å². The smallest absolute Gasteiger partial charge is 0.256 e. The van der Waals surface area contributed by atoms with Crippen LogP contribution in [-0.2, 0) is 11.2 Å². The summed E-state index contributed by atoms with van der Waals surface area (Å²) >= 11 is 6.54. The third-order valence-electron chi connectivity index (χ3n) is 3.71. The maximum Gasteiger partial charge on any atom is 0.256 e. The van der Waals surface area contributed by atoms with E-state index in [2.05, 4.69) is 26.2 Å². The van der Waals surface area contributed by atoms with Gasteiger partial charge in [0.05, 0.1) is 22.6 Å². The van der Waals surface area contributed by atoms with E-state index < -0.39 is 6.04 Å². The van der Waals surface area contributed by atoms with Crippen molar-refractivity contribution >= 4 is 50.8 Å². The molecule has 2 amide bonds. The van der Waals surface area contributed by atoms with Gasteiger partial charge in [-0.25, -0.2) is 4.98 Å². The molecule has 1 aliphatic heterocycles. The summed E-state index contributed by atoms with van der Waals surface area (Å²) in [7, 11) is 0. The fraction of sp³-hybridized carbons (Fsp3) is 0.312. The van der Waals surface area contributed by atoms with Gasteiger partial charge in [0.15, 0.2) is 0 Å². The molecule has 1 atom stereocenters. The summed E-state index contributed by atoms with van der Waals surface area (Å²) in [5.41, 5.74) is 3.34. The van der Waals surface area contributed by atoms with Crippen molar-refractivity contribution in [3.63, 3.8) is 0 Å². The monoisotopic (exact) mass is 425 g/mol. The first-order valence-corrected chi connectivity index (χ1v) is 10.3. The molecule has 0 saturated carbocycles. The number of thioether (sulfide) groups is 1. The molecule has 3 rings (SSSR count). The van der Waals surface area contributed by atoms with Gasteiger partial charge in [-0.2, -0.15) is 0 Å². The second-order valence-electron chi connectivity index (χ2n) is 5.29. The van der Waals surface area contributed by atoms with Gasteiger partial charge < -0.3 is 10.2 Å². The van der Waals surface area contributed by atoms with Crippen molar-refractivity contribution in [1.82, 2.24) is 15.2 Å². The highest BCUT2D eigenvalue weighted by molar-refractivity contribution is 9.10. The molecular weight excluding hydrogens is 410 g/mol. The fourth-order valence-electron chi connectivity index (χ4n) is 2.44. The summed E-state index contributed by atoms with van der Waals surface area (Å²) in [5, 5.41) is 4.89. The number of benzene rings is 1. The van der Waals surface area contributed by atoms with E-state index in [-0.39, 0.29) is 11.8 Å². The predicted octanol–water partition coefficient (Wildman–Crippen LogP) is 2.78. The third-order valence-corrected chi connectivity index (χ3v) is 6.05. The molecule has 0 unspecified atom stereocenters. The number of nitrogens with zero attached hydrogens (tertiary/aromatic N) is 2. The van der Waals surface area contributed by atoms with E-state index in [9.17, 15) is 9.59 Å². The predicted molar refractivity (Wildman–Crippen MR) is 100 cm³/mol. The lowest BCUT2D eigenvalue weighted by molar-refractivity contribution is -0.124. The molecule has 1 saturated heterocycles. The van der Waals surface area contributed by atoms with Gasteiger partial charge in [0.2, 0.25) is 5.91 Å². The Balaban J connectivity index is 1.61. The molecule has 0 bridgehead atoms. The van der Waals surface area contributed by atoms with Gasteiger partial charge in [-0.15, -0.1) is 23.1 Å². The van der Waals surface area contributed by atoms with Crippen LogP contribution >= 0.6 is 39.0 Å². The number of carbonyl (C=O) groups excluding carboxylic acids is 2. The SMILES string of the molecule is O=C(NCCc1cscn1)[C@H]1CSCN1C(=O)c1ccccc1Br. The van der Waals surface area contributed by atoms with Crippen molar-refractivity contribution in [3.8, 4) is 0 Å². The molecule has 24 heavy (non-hydrogen) atoms. The van der Waals surface area contributed by atoms with Crippen LogP contribution in [0.4, 0.5) is 0 Å². The summed E-state index contributed by atoms with van der Waals surface area (Å²) in [4.78, 5) is 31.0. The standard InChI is InChI=1S/C16H16BrN3O2S2/c17-13-4-2-1-3-12(13)16(22)20-10-24-8-14(20)15(21)18-6-5-11-7-23-9-19-11/h1-4,7,9,14H,5-6,8,10H2,(H,18,21)/t14-/m1/s1. The highest BCUT2D eigenvalue weighted by Crippen LogP contribution is 2.26. The maximum absolute atomic E-state index is 12.7. The van der Waals surface area contributed by atoms with Crippen LogP contribution in [0.2, 0.25) is 0 Å². The largest absolute Gasteiger partial charge is 0.354 e. The summed E-state index contributed by atoms with van der Waals surface area (Å²) in [6.45, 7) is 0.529. The van der Waals surface area contributed by atoms with Crippen molar-refractivity contribution in [3.05, 3.63) is 50.9 Å². The first kappa shape index (κ1) is 17.4. The van der Waals surface area contributed by atoms with Crippen LogP contribution in [0.1, 0.15) is 16.1 Å². The fourth-order valence-corrected chi connectivity index (χ4v) is 4.64. The van der Waals surface area contributed by atoms with Gasteiger partial charge in [0, 0.05) is 28.6 Å². The number of rotatable bonds is 5. The molecule has 0 aliphatic carbocycles. The van der Waals surface area contributed by atoms with E-state index in [4.69, 9.17) is 0 Å². The Kier molecular flexibility index (Phi) is 5.91. The minimum absolute atomic E-state index is 0.101. The van der Waals surface area contributed by atoms with Crippen molar-refractivity contribution in [2.45, 2.75) is 12.5 Å². The maximum atomic E-state index is 12.7. The molecule has 5 nitrogen and oxygen atoms in total. The van der Waals surface area contributed by atoms with Gasteiger partial charge in [0.1, 0.15) is 6.04 Å². The van der Waals surface area contributed by atoms with E-state index >= 15 is 0 Å². The number of halogens is 1. The summed E-state index contributed by atoms with van der Waals surface area (Å²) < 4.78 is 0.745. The van der Waals surface area contributed by atoms with Crippen LogP contribution < -0.4 is 5.32 Å². The highest BCUT2D eigenvalue weighted by Gasteiger charge is 2.35. The Morgan fingerprint density at radius 2 is 2.21 bits per heavy atom. The Morgan fingerprint density at radius 1 is 1.38 bits per heavy atom. The Morgan fingerprint density at radius 3 is 2.96 bits per heavy atom. The summed E-state index contributed by atoms with van der Waals surface area (Å²) in [5.74, 6) is 0.936. The molecule has 1 aromatic carbocycles. The summed E-state index contributed by atoms with van der Waals surface area (Å²) in [6, 6.07) is 6.86. The van der Waals surface area contributed by atoms with E-state index in [1.165, 1.54) is 0 Å². The van der Waals surface area contributed by atoms with E-state index in [1.54, 1.807) is 39.6 Å². The van der Waals surface area contributed by atoms with E-state index in [0.717, 1.165) is 10.2 Å². The first-order chi connectivity index (χ1) is 11.7. The van der Waals surface area contributed by atoms with Crippen molar-refractivity contribution in [2.75, 3.05) is 18.2 Å². The van der Waals surface area contributed by atoms with E-state index in [1.807, 2.05) is 23.6 Å². The van der Waals surface area contributed by atoms with Gasteiger partial charge in [-0.05, 0) is 28.1 Å². The van der Waals surface area contributed by atoms with Crippen LogP contribution in [0.15, 0.2) is 39.6 Å². The Labute approximate surface area is 157 Å². The van der Waals surface area contributed by atoms with Gasteiger partial charge >= 0.3 is 0 Å². The molecule has 2 heterocycles. The minimum Gasteiger partial charge on any atom is -0.354 e. The molecule has 0 spiro atoms. The molecule has 1 aromatic heterocycles. The zero-order valence-electron chi connectivity index (χ0n) is 12.8. The van der Waals surface area contributed by atoms with Crippen molar-refractivity contribution in [1.29, 1.82) is 0 Å². The zero-order chi connectivity index (χ0) is 16.9. The number of nitrogens with one attached hydrogen (secondary N) is 1. The lowest BCUT2D eigenvalue weighted by Crippen LogP contribution is -2.47. The first-order valence-electron chi connectivity index (χ1n) is 7.45. The average Bonchev–Trinajstić information content (AvgIpc) is 3.26. The molecule has 1 fully saturated rings. The molecule has 126 valence electrons. The average molecular weight is 426 g/mol. The normalized spacial score (nSPS) is 17.0. The summed E-state index contributed by atoms with van der Waals surface area (Å²) in [6.07, 6.45) is 0.702. The lowest BCUT2D eigenvalue weighted by atomic mass is 10.1. The van der Waals surface area contributed by atoms with Crippen LogP contribution in [0.5, 0.6) is 0 Å². The number of carbonyl (C=O) groups is 2. The van der Waals surface area contributed by atoms with Crippen molar-refractivity contribution in [2.24, 2.45) is 0 Å². The topological polar surface area (TPSA) is 62.3 Å². The van der Waals surface area contributed by atoms with Gasteiger partial charge in [-0.1, -0.05) is 12.1 Å². The molecule has 2 aromatic rings. The molecule has 1 aliphatic rings. The van der Waals surface area contributed by atoms with Crippen LogP contribution in [-0.4, -0.2) is 45.9 Å². The zero-order valence-corrected chi connectivity index (χ0v) is 16.0. The van der Waals surface area contributed by atoms with Crippen LogP contribution in [0.25, 0.3) is 0 Å². The van der Waals surface area contributed by atoms with Crippen LogP contribution in [0.3, 0.4) is 0 Å². The number of amides is 2. The molecular formula is C16H16BrN3O2S2. The Bertz CT molecular complexity index is 724. The lowest BCUT2D eigenvalue weighted by Gasteiger charge is -2.23. The third kappa shape index (κ3) is 3.99. The van der Waals surface area contributed by atoms with Gasteiger partial charge in [0.25, 0.3) is 5.91 Å². The van der Waals surface area contributed by atoms with Crippen molar-refractivity contribution < 1.29 is 9.59 Å². The highest BCUT2D eigenvalue weighted by atomic mass is 79.9. The van der Waals surface area contributed by atoms with E-state index in [0.29, 0.717) is 30.2 Å². The number of thiazole rings is 1. The second-order valence-corrected chi connectivity index (χ2v) is 7.86. The number of hydrogen-bond donors (Lipinski definition) is 1. The Hall–Kier alpha value is -1.38. The minimum atomic E-state index is -0.426. The quantitative estimate of drug-likeness (QED) is 0.799. The van der Waals surface area contributed by atoms with Crippen LogP contribution in [0, 0.1) is 0 Å². The number of aromatic nitrogens is 1. The molecule has 8 heteroatoms. The second kappa shape index (κ2) is 8.13. The molecule has 0 radical (unpaired) electrons.